The highest BCUT2D eigenvalue weighted by molar-refractivity contribution is 5.83. The minimum absolute atomic E-state index is 0.217. The van der Waals surface area contributed by atoms with E-state index < -0.39 is 0 Å². The van der Waals surface area contributed by atoms with Crippen molar-refractivity contribution in [1.82, 2.24) is 0 Å². The smallest absolute Gasteiger partial charge is 0.224 e. The summed E-state index contributed by atoms with van der Waals surface area (Å²) in [5.41, 5.74) is 7.11. The van der Waals surface area contributed by atoms with E-state index in [1.165, 1.54) is 0 Å². The van der Waals surface area contributed by atoms with Crippen LogP contribution >= 0.6 is 0 Å². The normalized spacial score (nSPS) is 20.1. The summed E-state index contributed by atoms with van der Waals surface area (Å²) in [6.07, 6.45) is 2.55. The highest BCUT2D eigenvalue weighted by Crippen LogP contribution is 2.35. The van der Waals surface area contributed by atoms with Crippen molar-refractivity contribution in [2.75, 3.05) is 0 Å². The van der Waals surface area contributed by atoms with Gasteiger partial charge in [-0.1, -0.05) is 12.1 Å². The molecule has 0 saturated carbocycles. The highest BCUT2D eigenvalue weighted by atomic mass is 16.3. The molecule has 0 bridgehead atoms. The third kappa shape index (κ3) is 1.35. The first-order chi connectivity index (χ1) is 6.70. The van der Waals surface area contributed by atoms with E-state index in [0.717, 1.165) is 30.4 Å². The van der Waals surface area contributed by atoms with Crippen molar-refractivity contribution >= 4 is 5.91 Å². The summed E-state index contributed by atoms with van der Waals surface area (Å²) in [7, 11) is 0. The molecule has 0 fully saturated rings. The minimum atomic E-state index is -0.295. The maximum Gasteiger partial charge on any atom is 0.224 e. The van der Waals surface area contributed by atoms with Crippen molar-refractivity contribution in [2.24, 2.45) is 5.73 Å². The largest absolute Gasteiger partial charge is 0.508 e. The van der Waals surface area contributed by atoms with Crippen LogP contribution in [0, 0.1) is 0 Å². The molecule has 0 aromatic heterocycles. The molecule has 3 N–H and O–H groups in total. The van der Waals surface area contributed by atoms with Gasteiger partial charge in [0, 0.05) is 0 Å². The van der Waals surface area contributed by atoms with Crippen molar-refractivity contribution in [2.45, 2.75) is 25.2 Å². The molecular formula is C11H13NO2. The lowest BCUT2D eigenvalue weighted by molar-refractivity contribution is -0.119. The zero-order valence-electron chi connectivity index (χ0n) is 7.86. The number of benzene rings is 1. The zero-order chi connectivity index (χ0) is 10.1. The maximum absolute atomic E-state index is 11.2. The third-order valence-corrected chi connectivity index (χ3v) is 2.83. The number of hydrogen-bond acceptors (Lipinski definition) is 2. The topological polar surface area (TPSA) is 63.3 Å². The number of hydrogen-bond donors (Lipinski definition) is 2. The Kier molecular flexibility index (Phi) is 2.15. The Morgan fingerprint density at radius 2 is 2.29 bits per heavy atom. The molecule has 1 atom stereocenters. The standard InChI is InChI=1S/C11H13NO2/c12-11(14)9-5-1-4-8-7(9)3-2-6-10(8)13/h2-3,6,9,13H,1,4-5H2,(H2,12,14). The molecule has 0 radical (unpaired) electrons. The first kappa shape index (κ1) is 9.06. The predicted octanol–water partition coefficient (Wildman–Crippen LogP) is 1.30. The van der Waals surface area contributed by atoms with Gasteiger partial charge in [0.05, 0.1) is 5.92 Å². The second kappa shape index (κ2) is 3.33. The van der Waals surface area contributed by atoms with Crippen LogP contribution in [0.3, 0.4) is 0 Å². The van der Waals surface area contributed by atoms with E-state index in [1.54, 1.807) is 12.1 Å². The lowest BCUT2D eigenvalue weighted by Crippen LogP contribution is -2.24. The number of nitrogens with two attached hydrogens (primary N) is 1. The summed E-state index contributed by atoms with van der Waals surface area (Å²) in [6, 6.07) is 5.29. The van der Waals surface area contributed by atoms with Gasteiger partial charge in [0.2, 0.25) is 5.91 Å². The van der Waals surface area contributed by atoms with Crippen LogP contribution in [0.5, 0.6) is 5.75 Å². The van der Waals surface area contributed by atoms with E-state index in [0.29, 0.717) is 0 Å². The van der Waals surface area contributed by atoms with Crippen molar-refractivity contribution in [3.8, 4) is 5.75 Å². The molecule has 74 valence electrons. The quantitative estimate of drug-likeness (QED) is 0.702. The van der Waals surface area contributed by atoms with Crippen molar-refractivity contribution in [3.63, 3.8) is 0 Å². The van der Waals surface area contributed by atoms with Crippen LogP contribution in [-0.2, 0) is 11.2 Å². The second-order valence-electron chi connectivity index (χ2n) is 3.69. The monoisotopic (exact) mass is 191 g/mol. The number of phenolic OH excluding ortho intramolecular Hbond substituents is 1. The van der Waals surface area contributed by atoms with Gasteiger partial charge < -0.3 is 10.8 Å². The fourth-order valence-electron chi connectivity index (χ4n) is 2.12. The summed E-state index contributed by atoms with van der Waals surface area (Å²) in [4.78, 5) is 11.2. The molecule has 1 amide bonds. The molecule has 1 unspecified atom stereocenters. The van der Waals surface area contributed by atoms with Gasteiger partial charge in [0.1, 0.15) is 5.75 Å². The highest BCUT2D eigenvalue weighted by Gasteiger charge is 2.25. The average molecular weight is 191 g/mol. The first-order valence-electron chi connectivity index (χ1n) is 4.80. The van der Waals surface area contributed by atoms with Gasteiger partial charge in [0.15, 0.2) is 0 Å². The van der Waals surface area contributed by atoms with Crippen molar-refractivity contribution in [3.05, 3.63) is 29.3 Å². The van der Waals surface area contributed by atoms with Gasteiger partial charge in [-0.15, -0.1) is 0 Å². The molecule has 1 aromatic carbocycles. The van der Waals surface area contributed by atoms with Crippen LogP contribution in [-0.4, -0.2) is 11.0 Å². The van der Waals surface area contributed by atoms with Gasteiger partial charge >= 0.3 is 0 Å². The van der Waals surface area contributed by atoms with E-state index >= 15 is 0 Å². The second-order valence-corrected chi connectivity index (χ2v) is 3.69. The number of rotatable bonds is 1. The molecule has 3 nitrogen and oxygen atoms in total. The summed E-state index contributed by atoms with van der Waals surface area (Å²) in [5.74, 6) is -0.226. The Balaban J connectivity index is 2.49. The number of primary amides is 1. The minimum Gasteiger partial charge on any atom is -0.508 e. The Hall–Kier alpha value is -1.51. The maximum atomic E-state index is 11.2. The Labute approximate surface area is 82.5 Å². The third-order valence-electron chi connectivity index (χ3n) is 2.83. The lowest BCUT2D eigenvalue weighted by Gasteiger charge is -2.23. The molecule has 0 spiro atoms. The molecule has 14 heavy (non-hydrogen) atoms. The predicted molar refractivity (Wildman–Crippen MR) is 53.0 cm³/mol. The Bertz CT molecular complexity index is 374. The van der Waals surface area contributed by atoms with Gasteiger partial charge in [-0.3, -0.25) is 4.79 Å². The molecule has 3 heteroatoms. The van der Waals surface area contributed by atoms with E-state index in [-0.39, 0.29) is 17.6 Å². The number of amides is 1. The van der Waals surface area contributed by atoms with Crippen LogP contribution < -0.4 is 5.73 Å². The molecule has 1 aliphatic carbocycles. The molecule has 0 aliphatic heterocycles. The zero-order valence-corrected chi connectivity index (χ0v) is 7.86. The van der Waals surface area contributed by atoms with E-state index in [1.807, 2.05) is 6.07 Å². The van der Waals surface area contributed by atoms with Crippen molar-refractivity contribution < 1.29 is 9.90 Å². The van der Waals surface area contributed by atoms with Crippen LogP contribution in [0.25, 0.3) is 0 Å². The summed E-state index contributed by atoms with van der Waals surface area (Å²) < 4.78 is 0. The van der Waals surface area contributed by atoms with Crippen LogP contribution in [0.4, 0.5) is 0 Å². The van der Waals surface area contributed by atoms with E-state index in [4.69, 9.17) is 5.73 Å². The SMILES string of the molecule is NC(=O)C1CCCc2c(O)cccc21. The fraction of sp³-hybridized carbons (Fsp3) is 0.364. The van der Waals surface area contributed by atoms with E-state index in [9.17, 15) is 9.90 Å². The summed E-state index contributed by atoms with van der Waals surface area (Å²) in [6.45, 7) is 0. The number of carbonyl (C=O) groups excluding carboxylic acids is 1. The number of carbonyl (C=O) groups is 1. The van der Waals surface area contributed by atoms with Gasteiger partial charge in [-0.2, -0.15) is 0 Å². The van der Waals surface area contributed by atoms with Crippen LogP contribution in [0.15, 0.2) is 18.2 Å². The van der Waals surface area contributed by atoms with Gasteiger partial charge in [-0.25, -0.2) is 0 Å². The average Bonchev–Trinajstić information content (AvgIpc) is 2.17. The van der Waals surface area contributed by atoms with Crippen LogP contribution in [0.1, 0.15) is 29.9 Å². The fourth-order valence-corrected chi connectivity index (χ4v) is 2.12. The molecule has 2 rings (SSSR count). The molecule has 0 saturated heterocycles. The Morgan fingerprint density at radius 3 is 3.00 bits per heavy atom. The van der Waals surface area contributed by atoms with Crippen LogP contribution in [0.2, 0.25) is 0 Å². The molecular weight excluding hydrogens is 178 g/mol. The van der Waals surface area contributed by atoms with E-state index in [2.05, 4.69) is 0 Å². The van der Waals surface area contributed by atoms with Crippen molar-refractivity contribution in [1.29, 1.82) is 0 Å². The summed E-state index contributed by atoms with van der Waals surface area (Å²) in [5, 5.41) is 9.60. The Morgan fingerprint density at radius 1 is 1.50 bits per heavy atom. The van der Waals surface area contributed by atoms with Gasteiger partial charge in [-0.05, 0) is 36.5 Å². The number of fused-ring (bicyclic) bond motifs is 1. The molecule has 1 aliphatic rings. The molecule has 1 aromatic rings. The lowest BCUT2D eigenvalue weighted by atomic mass is 9.82. The number of phenols is 1. The summed E-state index contributed by atoms with van der Waals surface area (Å²) >= 11 is 0. The number of aromatic hydroxyl groups is 1. The van der Waals surface area contributed by atoms with Gasteiger partial charge in [0.25, 0.3) is 0 Å². The first-order valence-corrected chi connectivity index (χ1v) is 4.80. The molecule has 0 heterocycles.